The first kappa shape index (κ1) is 17.5. The van der Waals surface area contributed by atoms with Gasteiger partial charge in [0.05, 0.1) is 0 Å². The molecule has 1 heterocycles. The molecule has 3 nitrogen and oxygen atoms in total. The van der Waals surface area contributed by atoms with Crippen molar-refractivity contribution in [2.75, 3.05) is 19.6 Å². The van der Waals surface area contributed by atoms with Crippen LogP contribution in [0.4, 0.5) is 0 Å². The van der Waals surface area contributed by atoms with E-state index in [-0.39, 0.29) is 5.41 Å². The molecule has 0 bridgehead atoms. The molecule has 0 spiro atoms. The number of piperidine rings is 1. The molecule has 118 valence electrons. The highest BCUT2D eigenvalue weighted by Gasteiger charge is 2.29. The summed E-state index contributed by atoms with van der Waals surface area (Å²) >= 11 is 0. The van der Waals surface area contributed by atoms with Gasteiger partial charge < -0.3 is 10.6 Å². The average Bonchev–Trinajstić information content (AvgIpc) is 2.32. The summed E-state index contributed by atoms with van der Waals surface area (Å²) in [5.41, 5.74) is 6.36. The lowest BCUT2D eigenvalue weighted by Gasteiger charge is -2.37. The minimum atomic E-state index is 0.240. The van der Waals surface area contributed by atoms with Crippen LogP contribution in [0.1, 0.15) is 66.7 Å². The zero-order valence-electron chi connectivity index (χ0n) is 14.2. The number of amides is 1. The van der Waals surface area contributed by atoms with Crippen LogP contribution in [0.2, 0.25) is 0 Å². The molecular formula is C17H34N2O. The molecule has 1 atom stereocenters. The molecule has 1 aliphatic rings. The molecule has 1 amide bonds. The number of likely N-dealkylation sites (tertiary alicyclic amines) is 1. The Morgan fingerprint density at radius 1 is 1.20 bits per heavy atom. The smallest absolute Gasteiger partial charge is 0.222 e. The molecule has 2 N–H and O–H groups in total. The predicted octanol–water partition coefficient (Wildman–Crippen LogP) is 3.43. The Hall–Kier alpha value is -0.570. The lowest BCUT2D eigenvalue weighted by molar-refractivity contribution is -0.133. The van der Waals surface area contributed by atoms with E-state index in [1.54, 1.807) is 0 Å². The van der Waals surface area contributed by atoms with Crippen molar-refractivity contribution in [1.82, 2.24) is 4.90 Å². The Morgan fingerprint density at radius 2 is 1.75 bits per heavy atom. The summed E-state index contributed by atoms with van der Waals surface area (Å²) in [7, 11) is 0. The average molecular weight is 282 g/mol. The Balaban J connectivity index is 2.42. The molecule has 20 heavy (non-hydrogen) atoms. The van der Waals surface area contributed by atoms with Crippen LogP contribution in [-0.2, 0) is 4.79 Å². The molecule has 0 aromatic rings. The predicted molar refractivity (Wildman–Crippen MR) is 85.4 cm³/mol. The monoisotopic (exact) mass is 282 g/mol. The van der Waals surface area contributed by atoms with Crippen molar-refractivity contribution in [2.45, 2.75) is 66.7 Å². The normalized spacial score (nSPS) is 20.8. The van der Waals surface area contributed by atoms with E-state index in [0.29, 0.717) is 30.2 Å². The van der Waals surface area contributed by atoms with Crippen LogP contribution in [0.5, 0.6) is 0 Å². The molecule has 3 heteroatoms. The number of nitrogens with zero attached hydrogens (tertiary/aromatic N) is 1. The number of carbonyl (C=O) groups is 1. The fourth-order valence-electron chi connectivity index (χ4n) is 3.03. The molecular weight excluding hydrogens is 248 g/mol. The lowest BCUT2D eigenvalue weighted by atomic mass is 9.76. The Morgan fingerprint density at radius 3 is 2.20 bits per heavy atom. The molecule has 1 unspecified atom stereocenters. The van der Waals surface area contributed by atoms with E-state index in [1.165, 1.54) is 0 Å². The van der Waals surface area contributed by atoms with E-state index in [9.17, 15) is 4.79 Å². The Labute approximate surface area is 125 Å². The van der Waals surface area contributed by atoms with Crippen LogP contribution >= 0.6 is 0 Å². The first-order valence-electron chi connectivity index (χ1n) is 8.13. The highest BCUT2D eigenvalue weighted by Crippen LogP contribution is 2.33. The van der Waals surface area contributed by atoms with Gasteiger partial charge in [0.15, 0.2) is 0 Å². The molecule has 1 aliphatic heterocycles. The Kier molecular flexibility index (Phi) is 6.06. The summed E-state index contributed by atoms with van der Waals surface area (Å²) in [4.78, 5) is 14.4. The maximum atomic E-state index is 12.3. The standard InChI is InChI=1S/C17H34N2O/c1-16(2,3)14(8-11-18)6-7-15(20)19-12-9-17(4,5)10-13-19/h14H,6-13,18H2,1-5H3. The number of hydrogen-bond acceptors (Lipinski definition) is 2. The first-order valence-corrected chi connectivity index (χ1v) is 8.13. The second-order valence-corrected chi connectivity index (χ2v) is 8.22. The zero-order valence-corrected chi connectivity index (χ0v) is 14.2. The van der Waals surface area contributed by atoms with Gasteiger partial charge in [0.25, 0.3) is 0 Å². The minimum Gasteiger partial charge on any atom is -0.343 e. The summed E-state index contributed by atoms with van der Waals surface area (Å²) in [6.45, 7) is 13.9. The van der Waals surface area contributed by atoms with Crippen LogP contribution in [-0.4, -0.2) is 30.4 Å². The number of hydrogen-bond donors (Lipinski definition) is 1. The van der Waals surface area contributed by atoms with E-state index in [4.69, 9.17) is 5.73 Å². The number of rotatable bonds is 5. The van der Waals surface area contributed by atoms with Crippen molar-refractivity contribution in [1.29, 1.82) is 0 Å². The third-order valence-corrected chi connectivity index (χ3v) is 4.92. The van der Waals surface area contributed by atoms with Gasteiger partial charge in [-0.3, -0.25) is 4.79 Å². The van der Waals surface area contributed by atoms with E-state index in [2.05, 4.69) is 39.5 Å². The Bertz CT molecular complexity index is 307. The highest BCUT2D eigenvalue weighted by atomic mass is 16.2. The lowest BCUT2D eigenvalue weighted by Crippen LogP contribution is -2.41. The second kappa shape index (κ2) is 6.93. The van der Waals surface area contributed by atoms with Crippen molar-refractivity contribution in [3.8, 4) is 0 Å². The molecule has 1 fully saturated rings. The second-order valence-electron chi connectivity index (χ2n) is 8.22. The van der Waals surface area contributed by atoms with E-state index < -0.39 is 0 Å². The van der Waals surface area contributed by atoms with Gasteiger partial charge in [0.2, 0.25) is 5.91 Å². The highest BCUT2D eigenvalue weighted by molar-refractivity contribution is 5.76. The fourth-order valence-corrected chi connectivity index (χ4v) is 3.03. The van der Waals surface area contributed by atoms with Gasteiger partial charge in [-0.25, -0.2) is 0 Å². The van der Waals surface area contributed by atoms with Gasteiger partial charge in [-0.15, -0.1) is 0 Å². The van der Waals surface area contributed by atoms with E-state index in [0.717, 1.165) is 38.8 Å². The topological polar surface area (TPSA) is 46.3 Å². The third kappa shape index (κ3) is 5.43. The SMILES string of the molecule is CC1(C)CCN(C(=O)CCC(CCN)C(C)(C)C)CC1. The van der Waals surface area contributed by atoms with Crippen LogP contribution in [0, 0.1) is 16.7 Å². The maximum absolute atomic E-state index is 12.3. The van der Waals surface area contributed by atoms with Crippen LogP contribution in [0.15, 0.2) is 0 Å². The number of carbonyl (C=O) groups excluding carboxylic acids is 1. The van der Waals surface area contributed by atoms with E-state index in [1.807, 2.05) is 0 Å². The van der Waals surface area contributed by atoms with Crippen molar-refractivity contribution in [3.05, 3.63) is 0 Å². The van der Waals surface area contributed by atoms with E-state index >= 15 is 0 Å². The van der Waals surface area contributed by atoms with Gasteiger partial charge in [-0.1, -0.05) is 34.6 Å². The van der Waals surface area contributed by atoms with Gasteiger partial charge in [0, 0.05) is 19.5 Å². The number of nitrogens with two attached hydrogens (primary N) is 1. The van der Waals surface area contributed by atoms with Crippen molar-refractivity contribution in [3.63, 3.8) is 0 Å². The van der Waals surface area contributed by atoms with Crippen molar-refractivity contribution in [2.24, 2.45) is 22.5 Å². The molecule has 0 aliphatic carbocycles. The molecule has 0 aromatic heterocycles. The minimum absolute atomic E-state index is 0.240. The summed E-state index contributed by atoms with van der Waals surface area (Å²) in [6, 6.07) is 0. The molecule has 0 saturated carbocycles. The summed E-state index contributed by atoms with van der Waals surface area (Å²) in [6.07, 6.45) is 4.93. The summed E-state index contributed by atoms with van der Waals surface area (Å²) < 4.78 is 0. The van der Waals surface area contributed by atoms with Gasteiger partial charge in [0.1, 0.15) is 0 Å². The van der Waals surface area contributed by atoms with Crippen LogP contribution in [0.3, 0.4) is 0 Å². The van der Waals surface area contributed by atoms with Crippen LogP contribution < -0.4 is 5.73 Å². The molecule has 0 aromatic carbocycles. The molecule has 1 rings (SSSR count). The van der Waals surface area contributed by atoms with Crippen molar-refractivity contribution >= 4 is 5.91 Å². The zero-order chi connectivity index (χ0) is 15.4. The molecule has 0 radical (unpaired) electrons. The largest absolute Gasteiger partial charge is 0.343 e. The summed E-state index contributed by atoms with van der Waals surface area (Å²) in [5, 5.41) is 0. The first-order chi connectivity index (χ1) is 9.15. The van der Waals surface area contributed by atoms with Gasteiger partial charge in [-0.05, 0) is 49.0 Å². The quantitative estimate of drug-likeness (QED) is 0.839. The third-order valence-electron chi connectivity index (χ3n) is 4.92. The van der Waals surface area contributed by atoms with Crippen LogP contribution in [0.25, 0.3) is 0 Å². The maximum Gasteiger partial charge on any atom is 0.222 e. The molecule has 1 saturated heterocycles. The van der Waals surface area contributed by atoms with Crippen molar-refractivity contribution < 1.29 is 4.79 Å². The summed E-state index contributed by atoms with van der Waals surface area (Å²) in [5.74, 6) is 0.879. The van der Waals surface area contributed by atoms with Gasteiger partial charge in [-0.2, -0.15) is 0 Å². The fraction of sp³-hybridized carbons (Fsp3) is 0.941. The van der Waals surface area contributed by atoms with Gasteiger partial charge >= 0.3 is 0 Å².